The minimum absolute atomic E-state index is 0.0422. The second kappa shape index (κ2) is 6.17. The Balaban J connectivity index is 2.51. The van der Waals surface area contributed by atoms with E-state index in [2.05, 4.69) is 5.32 Å². The Labute approximate surface area is 107 Å². The second-order valence-electron chi connectivity index (χ2n) is 4.76. The molecule has 0 aromatic rings. The SMILES string of the molecule is CS(=O)(=O)CCNC(=O)C1CCCCC1C(=O)O. The standard InChI is InChI=1S/C11H19NO5S/c1-18(16,17)7-6-12-10(13)8-4-2-3-5-9(8)11(14)15/h8-9H,2-7H2,1H3,(H,12,13)(H,14,15). The highest BCUT2D eigenvalue weighted by Gasteiger charge is 2.35. The molecular weight excluding hydrogens is 258 g/mol. The number of carbonyl (C=O) groups is 2. The van der Waals surface area contributed by atoms with E-state index in [-0.39, 0.29) is 18.2 Å². The zero-order valence-electron chi connectivity index (χ0n) is 10.4. The number of rotatable bonds is 5. The number of aliphatic carboxylic acids is 1. The number of sulfone groups is 1. The molecule has 1 aliphatic carbocycles. The third kappa shape index (κ3) is 4.64. The van der Waals surface area contributed by atoms with E-state index in [1.165, 1.54) is 0 Å². The summed E-state index contributed by atoms with van der Waals surface area (Å²) in [5.41, 5.74) is 0. The normalized spacial score (nSPS) is 24.5. The molecule has 1 amide bonds. The average molecular weight is 277 g/mol. The highest BCUT2D eigenvalue weighted by atomic mass is 32.2. The first-order valence-electron chi connectivity index (χ1n) is 5.99. The lowest BCUT2D eigenvalue weighted by atomic mass is 9.79. The first-order valence-corrected chi connectivity index (χ1v) is 8.05. The first kappa shape index (κ1) is 14.9. The van der Waals surface area contributed by atoms with Crippen molar-refractivity contribution in [3.05, 3.63) is 0 Å². The smallest absolute Gasteiger partial charge is 0.307 e. The van der Waals surface area contributed by atoms with E-state index in [0.29, 0.717) is 12.8 Å². The van der Waals surface area contributed by atoms with Crippen molar-refractivity contribution in [1.82, 2.24) is 5.32 Å². The Morgan fingerprint density at radius 2 is 1.78 bits per heavy atom. The molecule has 2 N–H and O–H groups in total. The van der Waals surface area contributed by atoms with Crippen molar-refractivity contribution < 1.29 is 23.1 Å². The van der Waals surface area contributed by atoms with Gasteiger partial charge in [-0.15, -0.1) is 0 Å². The molecule has 0 saturated heterocycles. The molecule has 6 nitrogen and oxygen atoms in total. The summed E-state index contributed by atoms with van der Waals surface area (Å²) in [6.07, 6.45) is 3.83. The molecule has 0 heterocycles. The van der Waals surface area contributed by atoms with Crippen molar-refractivity contribution in [3.63, 3.8) is 0 Å². The summed E-state index contributed by atoms with van der Waals surface area (Å²) < 4.78 is 21.8. The lowest BCUT2D eigenvalue weighted by molar-refractivity contribution is -0.148. The maximum atomic E-state index is 11.8. The van der Waals surface area contributed by atoms with Gasteiger partial charge in [-0.05, 0) is 12.8 Å². The fraction of sp³-hybridized carbons (Fsp3) is 0.818. The van der Waals surface area contributed by atoms with Gasteiger partial charge in [-0.25, -0.2) is 8.42 Å². The maximum absolute atomic E-state index is 11.8. The number of carbonyl (C=O) groups excluding carboxylic acids is 1. The van der Waals surface area contributed by atoms with Crippen LogP contribution in [0.2, 0.25) is 0 Å². The van der Waals surface area contributed by atoms with Crippen molar-refractivity contribution >= 4 is 21.7 Å². The largest absolute Gasteiger partial charge is 0.481 e. The van der Waals surface area contributed by atoms with Gasteiger partial charge in [-0.3, -0.25) is 9.59 Å². The van der Waals surface area contributed by atoms with Crippen LogP contribution in [-0.2, 0) is 19.4 Å². The third-order valence-corrected chi connectivity index (χ3v) is 4.14. The molecule has 1 aliphatic rings. The Morgan fingerprint density at radius 1 is 1.22 bits per heavy atom. The Morgan fingerprint density at radius 3 is 2.28 bits per heavy atom. The van der Waals surface area contributed by atoms with Crippen molar-refractivity contribution in [2.75, 3.05) is 18.6 Å². The van der Waals surface area contributed by atoms with Gasteiger partial charge >= 0.3 is 5.97 Å². The first-order chi connectivity index (χ1) is 8.31. The van der Waals surface area contributed by atoms with Crippen LogP contribution < -0.4 is 5.32 Å². The summed E-state index contributed by atoms with van der Waals surface area (Å²) in [5, 5.41) is 11.5. The van der Waals surface area contributed by atoms with Crippen LogP contribution in [0.1, 0.15) is 25.7 Å². The van der Waals surface area contributed by atoms with Crippen LogP contribution in [0.5, 0.6) is 0 Å². The average Bonchev–Trinajstić information content (AvgIpc) is 2.27. The molecule has 1 rings (SSSR count). The molecule has 104 valence electrons. The van der Waals surface area contributed by atoms with Gasteiger partial charge in [-0.1, -0.05) is 12.8 Å². The van der Waals surface area contributed by atoms with Crippen molar-refractivity contribution in [1.29, 1.82) is 0 Å². The van der Waals surface area contributed by atoms with E-state index in [4.69, 9.17) is 5.11 Å². The molecule has 0 spiro atoms. The van der Waals surface area contributed by atoms with E-state index in [1.807, 2.05) is 0 Å². The second-order valence-corrected chi connectivity index (χ2v) is 7.02. The van der Waals surface area contributed by atoms with Gasteiger partial charge in [0.2, 0.25) is 5.91 Å². The van der Waals surface area contributed by atoms with E-state index < -0.39 is 27.6 Å². The molecule has 1 fully saturated rings. The van der Waals surface area contributed by atoms with E-state index in [9.17, 15) is 18.0 Å². The molecular formula is C11H19NO5S. The lowest BCUT2D eigenvalue weighted by Gasteiger charge is -2.27. The number of hydrogen-bond acceptors (Lipinski definition) is 4. The van der Waals surface area contributed by atoms with Crippen LogP contribution in [0.3, 0.4) is 0 Å². The number of carboxylic acid groups (broad SMARTS) is 1. The third-order valence-electron chi connectivity index (χ3n) is 3.19. The van der Waals surface area contributed by atoms with Gasteiger partial charge < -0.3 is 10.4 Å². The fourth-order valence-electron chi connectivity index (χ4n) is 2.23. The fourth-order valence-corrected chi connectivity index (χ4v) is 2.70. The van der Waals surface area contributed by atoms with Gasteiger partial charge in [0, 0.05) is 12.8 Å². The van der Waals surface area contributed by atoms with E-state index in [0.717, 1.165) is 19.1 Å². The minimum atomic E-state index is -3.11. The van der Waals surface area contributed by atoms with Crippen LogP contribution in [0.4, 0.5) is 0 Å². The van der Waals surface area contributed by atoms with Crippen LogP contribution in [0, 0.1) is 11.8 Å². The van der Waals surface area contributed by atoms with Crippen molar-refractivity contribution in [3.8, 4) is 0 Å². The maximum Gasteiger partial charge on any atom is 0.307 e. The van der Waals surface area contributed by atoms with Gasteiger partial charge in [0.15, 0.2) is 0 Å². The zero-order chi connectivity index (χ0) is 13.8. The Kier molecular flexibility index (Phi) is 5.13. The molecule has 0 bridgehead atoms. The molecule has 2 atom stereocenters. The van der Waals surface area contributed by atoms with Crippen LogP contribution in [-0.4, -0.2) is 44.0 Å². The molecule has 18 heavy (non-hydrogen) atoms. The van der Waals surface area contributed by atoms with Gasteiger partial charge in [0.25, 0.3) is 0 Å². The predicted molar refractivity (Wildman–Crippen MR) is 65.8 cm³/mol. The Bertz CT molecular complexity index is 417. The molecule has 2 unspecified atom stereocenters. The topological polar surface area (TPSA) is 101 Å². The zero-order valence-corrected chi connectivity index (χ0v) is 11.2. The van der Waals surface area contributed by atoms with E-state index >= 15 is 0 Å². The number of carboxylic acids is 1. The van der Waals surface area contributed by atoms with Crippen LogP contribution >= 0.6 is 0 Å². The molecule has 0 radical (unpaired) electrons. The molecule has 0 aromatic heterocycles. The summed E-state index contributed by atoms with van der Waals surface area (Å²) in [7, 11) is -3.11. The summed E-state index contributed by atoms with van der Waals surface area (Å²) in [6, 6.07) is 0. The molecule has 0 aromatic carbocycles. The van der Waals surface area contributed by atoms with Gasteiger partial charge in [0.1, 0.15) is 9.84 Å². The number of nitrogens with one attached hydrogen (secondary N) is 1. The highest BCUT2D eigenvalue weighted by Crippen LogP contribution is 2.30. The van der Waals surface area contributed by atoms with Gasteiger partial charge in [-0.2, -0.15) is 0 Å². The molecule has 1 saturated carbocycles. The summed E-state index contributed by atoms with van der Waals surface area (Å²) in [6.45, 7) is 0.0422. The van der Waals surface area contributed by atoms with Crippen LogP contribution in [0.25, 0.3) is 0 Å². The number of amides is 1. The molecule has 0 aliphatic heterocycles. The summed E-state index contributed by atoms with van der Waals surface area (Å²) >= 11 is 0. The van der Waals surface area contributed by atoms with Crippen LogP contribution in [0.15, 0.2) is 0 Å². The highest BCUT2D eigenvalue weighted by molar-refractivity contribution is 7.90. The van der Waals surface area contributed by atoms with E-state index in [1.54, 1.807) is 0 Å². The number of hydrogen-bond donors (Lipinski definition) is 2. The Hall–Kier alpha value is -1.11. The monoisotopic (exact) mass is 277 g/mol. The van der Waals surface area contributed by atoms with Crippen molar-refractivity contribution in [2.24, 2.45) is 11.8 Å². The quantitative estimate of drug-likeness (QED) is 0.739. The predicted octanol–water partition coefficient (Wildman–Crippen LogP) is 0.0382. The lowest BCUT2D eigenvalue weighted by Crippen LogP contribution is -2.41. The summed E-state index contributed by atoms with van der Waals surface area (Å²) in [5.74, 6) is -2.58. The minimum Gasteiger partial charge on any atom is -0.481 e. The van der Waals surface area contributed by atoms with Crippen molar-refractivity contribution in [2.45, 2.75) is 25.7 Å². The van der Waals surface area contributed by atoms with Gasteiger partial charge in [0.05, 0.1) is 17.6 Å². The summed E-state index contributed by atoms with van der Waals surface area (Å²) in [4.78, 5) is 22.9. The molecule has 7 heteroatoms.